The van der Waals surface area contributed by atoms with Crippen LogP contribution in [0, 0.1) is 28.5 Å². The Bertz CT molecular complexity index is 1490. The van der Waals surface area contributed by atoms with E-state index in [1.165, 1.54) is 24.5 Å². The normalized spacial score (nSPS) is 27.8. The molecule has 2 saturated heterocycles. The van der Waals surface area contributed by atoms with Crippen molar-refractivity contribution in [2.24, 2.45) is 22.7 Å². The predicted molar refractivity (Wildman–Crippen MR) is 171 cm³/mol. The molecule has 2 aliphatic heterocycles. The molecule has 1 unspecified atom stereocenters. The van der Waals surface area contributed by atoms with Crippen LogP contribution in [0.1, 0.15) is 100 Å². The number of hydrogen-bond donors (Lipinski definition) is 0. The first-order valence-electron chi connectivity index (χ1n) is 18.2. The zero-order chi connectivity index (χ0) is 34.4. The molecule has 2 aliphatic carbocycles. The number of piperidine rings is 1. The fraction of sp³-hybridized carbons (Fsp3) is 0.686. The molecular weight excluding hydrogens is 571 g/mol. The standard InChI is InChI=1S/C35H49FN6O3/c1-23(2)42(24(3)4)33(44)28-16-27(36)6-7-30(28)45-32-31(37-22-38-39-32)41-20-35(21-41)12-14-40(15-13-35)19-26-8-10-34(11-9-26)17-25(5)29(43)18-34/h6-7,16,22-26H,8-15,17-21H2,1-5H3/i5D3. The van der Waals surface area contributed by atoms with Crippen LogP contribution in [0.25, 0.3) is 0 Å². The summed E-state index contributed by atoms with van der Waals surface area (Å²) in [6.07, 6.45) is 8.58. The SMILES string of the molecule is [2H]C([2H])([2H])C1CC2(CCC(CN3CCC4(CC3)CN(c3ncnnc3Oc3ccc(F)cc3C(=O)N(C(C)C)C(C)C)C4)CC2)CC1=O. The molecule has 4 fully saturated rings. The largest absolute Gasteiger partial charge is 0.434 e. The van der Waals surface area contributed by atoms with Gasteiger partial charge in [-0.25, -0.2) is 9.37 Å². The quantitative estimate of drug-likeness (QED) is 0.346. The number of halogens is 1. The highest BCUT2D eigenvalue weighted by molar-refractivity contribution is 5.97. The van der Waals surface area contributed by atoms with Gasteiger partial charge in [-0.2, -0.15) is 0 Å². The number of aromatic nitrogens is 3. The minimum atomic E-state index is -2.17. The number of hydrogen-bond acceptors (Lipinski definition) is 8. The third-order valence-electron chi connectivity index (χ3n) is 10.8. The Kier molecular flexibility index (Phi) is 7.85. The van der Waals surface area contributed by atoms with Gasteiger partial charge in [0.15, 0.2) is 5.82 Å². The molecule has 45 heavy (non-hydrogen) atoms. The highest BCUT2D eigenvalue weighted by Crippen LogP contribution is 2.51. The Labute approximate surface area is 271 Å². The molecule has 6 rings (SSSR count). The Morgan fingerprint density at radius 2 is 1.82 bits per heavy atom. The van der Waals surface area contributed by atoms with Gasteiger partial charge in [-0.1, -0.05) is 6.85 Å². The predicted octanol–water partition coefficient (Wildman–Crippen LogP) is 6.14. The Balaban J connectivity index is 1.03. The first-order chi connectivity index (χ1) is 22.7. The molecule has 2 spiro atoms. The molecule has 0 radical (unpaired) electrons. The number of ether oxygens (including phenoxy) is 1. The summed E-state index contributed by atoms with van der Waals surface area (Å²) in [4.78, 5) is 36.9. The molecule has 0 bridgehead atoms. The van der Waals surface area contributed by atoms with Gasteiger partial charge in [-0.3, -0.25) is 9.59 Å². The van der Waals surface area contributed by atoms with Crippen molar-refractivity contribution >= 4 is 17.5 Å². The van der Waals surface area contributed by atoms with E-state index in [1.54, 1.807) is 4.90 Å². The van der Waals surface area contributed by atoms with Crippen molar-refractivity contribution in [2.45, 2.75) is 98.0 Å². The second-order valence-electron chi connectivity index (χ2n) is 14.7. The zero-order valence-electron chi connectivity index (χ0n) is 30.1. The highest BCUT2D eigenvalue weighted by atomic mass is 19.1. The van der Waals surface area contributed by atoms with Gasteiger partial charge in [0, 0.05) is 53.6 Å². The third kappa shape index (κ3) is 6.58. The maximum absolute atomic E-state index is 14.4. The molecule has 3 heterocycles. The van der Waals surface area contributed by atoms with Crippen LogP contribution in [0.3, 0.4) is 0 Å². The van der Waals surface area contributed by atoms with Gasteiger partial charge in [-0.15, -0.1) is 10.2 Å². The molecule has 1 amide bonds. The molecule has 2 saturated carbocycles. The van der Waals surface area contributed by atoms with Gasteiger partial charge in [0.25, 0.3) is 11.8 Å². The topological polar surface area (TPSA) is 91.8 Å². The number of carbonyl (C=O) groups is 2. The lowest BCUT2D eigenvalue weighted by Crippen LogP contribution is -2.61. The molecule has 10 heteroatoms. The van der Waals surface area contributed by atoms with E-state index >= 15 is 0 Å². The van der Waals surface area contributed by atoms with Crippen molar-refractivity contribution in [1.82, 2.24) is 25.0 Å². The van der Waals surface area contributed by atoms with Gasteiger partial charge in [-0.05, 0) is 115 Å². The summed E-state index contributed by atoms with van der Waals surface area (Å²) in [5, 5.41) is 8.17. The number of anilines is 1. The average Bonchev–Trinajstić information content (AvgIpc) is 3.34. The van der Waals surface area contributed by atoms with Gasteiger partial charge >= 0.3 is 0 Å². The van der Waals surface area contributed by atoms with E-state index in [0.29, 0.717) is 24.6 Å². The number of benzene rings is 1. The summed E-state index contributed by atoms with van der Waals surface area (Å²) in [5.74, 6) is -0.110. The van der Waals surface area contributed by atoms with Gasteiger partial charge in [0.2, 0.25) is 0 Å². The minimum absolute atomic E-state index is 0.0596. The number of ketones is 1. The van der Waals surface area contributed by atoms with Crippen LogP contribution in [0.4, 0.5) is 10.2 Å². The number of rotatable bonds is 8. The fourth-order valence-corrected chi connectivity index (χ4v) is 8.38. The second kappa shape index (κ2) is 12.6. The number of carbonyl (C=O) groups excluding carboxylic acids is 2. The van der Waals surface area contributed by atoms with E-state index in [2.05, 4.69) is 25.0 Å². The summed E-state index contributed by atoms with van der Waals surface area (Å²) in [7, 11) is 0. The van der Waals surface area contributed by atoms with Crippen LogP contribution in [-0.4, -0.2) is 81.5 Å². The number of Topliss-reactive ketones (excluding diaryl/α,β-unsaturated/α-hetero) is 1. The summed E-state index contributed by atoms with van der Waals surface area (Å²) in [6, 6.07) is 3.78. The Hall–Kier alpha value is -3.14. The third-order valence-corrected chi connectivity index (χ3v) is 10.8. The maximum atomic E-state index is 14.4. The number of likely N-dealkylation sites (tertiary alicyclic amines) is 1. The molecule has 1 atom stereocenters. The molecule has 4 aliphatic rings. The van der Waals surface area contributed by atoms with E-state index in [1.807, 2.05) is 27.7 Å². The van der Waals surface area contributed by atoms with Crippen molar-refractivity contribution in [2.75, 3.05) is 37.6 Å². The Morgan fingerprint density at radius 1 is 1.11 bits per heavy atom. The lowest BCUT2D eigenvalue weighted by molar-refractivity contribution is -0.120. The monoisotopic (exact) mass is 623 g/mol. The maximum Gasteiger partial charge on any atom is 0.282 e. The first kappa shape index (κ1) is 28.1. The van der Waals surface area contributed by atoms with E-state index in [9.17, 15) is 14.0 Å². The van der Waals surface area contributed by atoms with Crippen molar-refractivity contribution in [1.29, 1.82) is 0 Å². The first-order valence-corrected chi connectivity index (χ1v) is 16.7. The molecule has 2 aromatic rings. The number of nitrogens with zero attached hydrogens (tertiary/aromatic N) is 6. The van der Waals surface area contributed by atoms with Crippen LogP contribution in [0.15, 0.2) is 24.5 Å². The molecular formula is C35H49FN6O3. The lowest BCUT2D eigenvalue weighted by Gasteiger charge is -2.54. The van der Waals surface area contributed by atoms with Crippen molar-refractivity contribution in [3.63, 3.8) is 0 Å². The van der Waals surface area contributed by atoms with E-state index in [4.69, 9.17) is 8.85 Å². The van der Waals surface area contributed by atoms with Crippen molar-refractivity contribution in [3.8, 4) is 11.6 Å². The molecule has 9 nitrogen and oxygen atoms in total. The minimum Gasteiger partial charge on any atom is -0.434 e. The van der Waals surface area contributed by atoms with E-state index < -0.39 is 18.6 Å². The summed E-state index contributed by atoms with van der Waals surface area (Å²) in [5.41, 5.74) is 0.227. The van der Waals surface area contributed by atoms with Crippen LogP contribution < -0.4 is 9.64 Å². The summed E-state index contributed by atoms with van der Waals surface area (Å²) >= 11 is 0. The van der Waals surface area contributed by atoms with Crippen molar-refractivity contribution in [3.05, 3.63) is 35.9 Å². The average molecular weight is 624 g/mol. The van der Waals surface area contributed by atoms with Crippen LogP contribution in [0.5, 0.6) is 11.6 Å². The van der Waals surface area contributed by atoms with Crippen LogP contribution >= 0.6 is 0 Å². The lowest BCUT2D eigenvalue weighted by atomic mass is 9.68. The molecule has 1 aromatic heterocycles. The summed E-state index contributed by atoms with van der Waals surface area (Å²) in [6.45, 7) is 10.3. The zero-order valence-corrected chi connectivity index (χ0v) is 27.1. The van der Waals surface area contributed by atoms with Gasteiger partial charge < -0.3 is 19.4 Å². The van der Waals surface area contributed by atoms with Crippen LogP contribution in [-0.2, 0) is 4.79 Å². The molecule has 0 N–H and O–H groups in total. The summed E-state index contributed by atoms with van der Waals surface area (Å²) < 4.78 is 43.8. The second-order valence-corrected chi connectivity index (χ2v) is 14.7. The molecule has 1 aromatic carbocycles. The highest BCUT2D eigenvalue weighted by Gasteiger charge is 2.48. The van der Waals surface area contributed by atoms with Crippen LogP contribution in [0.2, 0.25) is 0 Å². The number of amides is 1. The van der Waals surface area contributed by atoms with Gasteiger partial charge in [0.1, 0.15) is 23.7 Å². The smallest absolute Gasteiger partial charge is 0.282 e. The molecule has 244 valence electrons. The van der Waals surface area contributed by atoms with Gasteiger partial charge in [0.05, 0.1) is 5.56 Å². The van der Waals surface area contributed by atoms with E-state index in [-0.39, 0.29) is 51.8 Å². The van der Waals surface area contributed by atoms with Crippen molar-refractivity contribution < 1.29 is 22.8 Å². The fourth-order valence-electron chi connectivity index (χ4n) is 8.38. The Morgan fingerprint density at radius 3 is 2.47 bits per heavy atom. The van der Waals surface area contributed by atoms with E-state index in [0.717, 1.165) is 71.2 Å².